The molecule has 0 spiro atoms. The lowest BCUT2D eigenvalue weighted by Gasteiger charge is -2.11. The highest BCUT2D eigenvalue weighted by molar-refractivity contribution is 5.72. The van der Waals surface area contributed by atoms with E-state index in [0.29, 0.717) is 16.9 Å². The van der Waals surface area contributed by atoms with Crippen molar-refractivity contribution in [3.63, 3.8) is 0 Å². The number of terminal acetylenes is 1. The van der Waals surface area contributed by atoms with Crippen LogP contribution < -0.4 is 9.47 Å². The van der Waals surface area contributed by atoms with Gasteiger partial charge in [0.15, 0.2) is 11.5 Å². The molecular formula is C12H12O4. The molecule has 1 aromatic carbocycles. The number of ether oxygens (including phenoxy) is 2. The first kappa shape index (κ1) is 12.1. The first-order valence-corrected chi connectivity index (χ1v) is 4.59. The Hall–Kier alpha value is -1.99. The number of aliphatic hydroxyl groups is 1. The van der Waals surface area contributed by atoms with Gasteiger partial charge in [-0.2, -0.15) is 0 Å². The van der Waals surface area contributed by atoms with Crippen molar-refractivity contribution in [1.29, 1.82) is 0 Å². The number of hydrogen-bond acceptors (Lipinski definition) is 4. The summed E-state index contributed by atoms with van der Waals surface area (Å²) in [6.07, 6.45) is 5.30. The second-order valence-corrected chi connectivity index (χ2v) is 3.07. The Labute approximate surface area is 93.8 Å². The third-order valence-corrected chi connectivity index (χ3v) is 1.92. The molecule has 84 valence electrons. The van der Waals surface area contributed by atoms with Gasteiger partial charge in [0.1, 0.15) is 0 Å². The topological polar surface area (TPSA) is 55.8 Å². The van der Waals surface area contributed by atoms with Crippen molar-refractivity contribution >= 4 is 5.97 Å². The summed E-state index contributed by atoms with van der Waals surface area (Å²) in [5.74, 6) is 2.43. The molecule has 0 saturated heterocycles. The quantitative estimate of drug-likeness (QED) is 0.470. The molecule has 16 heavy (non-hydrogen) atoms. The Morgan fingerprint density at radius 3 is 2.69 bits per heavy atom. The highest BCUT2D eigenvalue weighted by Gasteiger charge is 2.13. The van der Waals surface area contributed by atoms with Crippen LogP contribution >= 0.6 is 0 Å². The smallest absolute Gasteiger partial charge is 0.308 e. The molecule has 0 amide bonds. The van der Waals surface area contributed by atoms with Crippen molar-refractivity contribution in [3.8, 4) is 23.8 Å². The van der Waals surface area contributed by atoms with Gasteiger partial charge in [0.25, 0.3) is 0 Å². The zero-order valence-corrected chi connectivity index (χ0v) is 9.11. The lowest BCUT2D eigenvalue weighted by atomic mass is 10.1. The zero-order chi connectivity index (χ0) is 12.1. The molecule has 0 atom stereocenters. The van der Waals surface area contributed by atoms with Crippen LogP contribution in [0.1, 0.15) is 18.1 Å². The van der Waals surface area contributed by atoms with Gasteiger partial charge in [-0.05, 0) is 17.7 Å². The van der Waals surface area contributed by atoms with Crippen LogP contribution in [0, 0.1) is 12.3 Å². The standard InChI is InChI=1S/C12H12O4/c1-4-10-5-9(7-13)6-11(15-3)12(10)16-8(2)14/h1,5-6,13H,7H2,2-3H3. The van der Waals surface area contributed by atoms with E-state index in [1.54, 1.807) is 12.1 Å². The fourth-order valence-electron chi connectivity index (χ4n) is 1.26. The van der Waals surface area contributed by atoms with Crippen LogP contribution in [-0.2, 0) is 11.4 Å². The van der Waals surface area contributed by atoms with Gasteiger partial charge in [-0.3, -0.25) is 4.79 Å². The van der Waals surface area contributed by atoms with Crippen LogP contribution in [0.5, 0.6) is 11.5 Å². The van der Waals surface area contributed by atoms with Crippen LogP contribution in [0.15, 0.2) is 12.1 Å². The van der Waals surface area contributed by atoms with E-state index in [-0.39, 0.29) is 12.4 Å². The lowest BCUT2D eigenvalue weighted by molar-refractivity contribution is -0.132. The van der Waals surface area contributed by atoms with Crippen molar-refractivity contribution in [3.05, 3.63) is 23.3 Å². The minimum atomic E-state index is -0.480. The Kier molecular flexibility index (Phi) is 3.92. The zero-order valence-electron chi connectivity index (χ0n) is 9.11. The van der Waals surface area contributed by atoms with E-state index in [2.05, 4.69) is 5.92 Å². The normalized spacial score (nSPS) is 9.38. The summed E-state index contributed by atoms with van der Waals surface area (Å²) in [4.78, 5) is 10.9. The molecule has 4 heteroatoms. The van der Waals surface area contributed by atoms with Gasteiger partial charge >= 0.3 is 5.97 Å². The number of benzene rings is 1. The van der Waals surface area contributed by atoms with Gasteiger partial charge in [0.05, 0.1) is 19.3 Å². The maximum Gasteiger partial charge on any atom is 0.308 e. The molecule has 0 heterocycles. The first-order chi connectivity index (χ1) is 7.62. The average molecular weight is 220 g/mol. The molecule has 0 fully saturated rings. The van der Waals surface area contributed by atoms with Crippen molar-refractivity contribution in [2.24, 2.45) is 0 Å². The van der Waals surface area contributed by atoms with Gasteiger partial charge < -0.3 is 14.6 Å². The van der Waals surface area contributed by atoms with Crippen LogP contribution in [0.4, 0.5) is 0 Å². The number of carbonyl (C=O) groups is 1. The van der Waals surface area contributed by atoms with Crippen LogP contribution in [0.3, 0.4) is 0 Å². The van der Waals surface area contributed by atoms with Crippen LogP contribution in [-0.4, -0.2) is 18.2 Å². The average Bonchev–Trinajstić information content (AvgIpc) is 2.28. The number of aliphatic hydroxyl groups excluding tert-OH is 1. The van der Waals surface area contributed by atoms with Crippen molar-refractivity contribution in [2.75, 3.05) is 7.11 Å². The number of hydrogen-bond donors (Lipinski definition) is 1. The van der Waals surface area contributed by atoms with E-state index in [9.17, 15) is 4.79 Å². The van der Waals surface area contributed by atoms with Gasteiger partial charge in [-0.25, -0.2) is 0 Å². The molecule has 0 aliphatic heterocycles. The molecule has 4 nitrogen and oxygen atoms in total. The van der Waals surface area contributed by atoms with E-state index < -0.39 is 5.97 Å². The van der Waals surface area contributed by atoms with E-state index in [0.717, 1.165) is 0 Å². The first-order valence-electron chi connectivity index (χ1n) is 4.59. The second kappa shape index (κ2) is 5.19. The highest BCUT2D eigenvalue weighted by Crippen LogP contribution is 2.32. The lowest BCUT2D eigenvalue weighted by Crippen LogP contribution is -2.05. The van der Waals surface area contributed by atoms with Gasteiger partial charge in [-0.15, -0.1) is 6.42 Å². The maximum absolute atomic E-state index is 10.9. The van der Waals surface area contributed by atoms with E-state index in [1.165, 1.54) is 14.0 Å². The SMILES string of the molecule is C#Cc1cc(CO)cc(OC)c1OC(C)=O. The predicted molar refractivity (Wildman–Crippen MR) is 58.2 cm³/mol. The fraction of sp³-hybridized carbons (Fsp3) is 0.250. The summed E-state index contributed by atoms with van der Waals surface area (Å²) in [6, 6.07) is 3.14. The van der Waals surface area contributed by atoms with Gasteiger partial charge in [-0.1, -0.05) is 5.92 Å². The molecule has 1 rings (SSSR count). The molecular weight excluding hydrogens is 208 g/mol. The summed E-state index contributed by atoms with van der Waals surface area (Å²) in [5.41, 5.74) is 0.972. The minimum absolute atomic E-state index is 0.161. The van der Waals surface area contributed by atoms with E-state index in [1.807, 2.05) is 0 Å². The third-order valence-electron chi connectivity index (χ3n) is 1.92. The maximum atomic E-state index is 10.9. The van der Waals surface area contributed by atoms with Crippen LogP contribution in [0.2, 0.25) is 0 Å². The number of rotatable bonds is 3. The summed E-state index contributed by atoms with van der Waals surface area (Å²) in [6.45, 7) is 1.12. The van der Waals surface area contributed by atoms with E-state index >= 15 is 0 Å². The summed E-state index contributed by atoms with van der Waals surface area (Å²) < 4.78 is 10.0. The number of methoxy groups -OCH3 is 1. The Morgan fingerprint density at radius 1 is 1.56 bits per heavy atom. The molecule has 0 aromatic heterocycles. The fourth-order valence-corrected chi connectivity index (χ4v) is 1.26. The highest BCUT2D eigenvalue weighted by atomic mass is 16.6. The Morgan fingerprint density at radius 2 is 2.25 bits per heavy atom. The second-order valence-electron chi connectivity index (χ2n) is 3.07. The molecule has 0 unspecified atom stereocenters. The molecule has 0 saturated carbocycles. The van der Waals surface area contributed by atoms with Crippen molar-refractivity contribution < 1.29 is 19.4 Å². The summed E-state index contributed by atoms with van der Waals surface area (Å²) >= 11 is 0. The predicted octanol–water partition coefficient (Wildman–Crippen LogP) is 1.09. The molecule has 1 aromatic rings. The van der Waals surface area contributed by atoms with Crippen molar-refractivity contribution in [1.82, 2.24) is 0 Å². The van der Waals surface area contributed by atoms with Gasteiger partial charge in [0, 0.05) is 6.92 Å². The molecule has 1 N–H and O–H groups in total. The monoisotopic (exact) mass is 220 g/mol. The number of carbonyl (C=O) groups excluding carboxylic acids is 1. The van der Waals surface area contributed by atoms with Crippen molar-refractivity contribution in [2.45, 2.75) is 13.5 Å². The van der Waals surface area contributed by atoms with E-state index in [4.69, 9.17) is 21.0 Å². The third kappa shape index (κ3) is 2.53. The Bertz CT molecular complexity index is 443. The molecule has 0 aliphatic rings. The largest absolute Gasteiger partial charge is 0.493 e. The summed E-state index contributed by atoms with van der Waals surface area (Å²) in [5, 5.41) is 9.02. The van der Waals surface area contributed by atoms with Gasteiger partial charge in [0.2, 0.25) is 0 Å². The molecule has 0 aliphatic carbocycles. The van der Waals surface area contributed by atoms with Crippen LogP contribution in [0.25, 0.3) is 0 Å². The number of esters is 1. The molecule has 0 bridgehead atoms. The minimum Gasteiger partial charge on any atom is -0.493 e. The molecule has 0 radical (unpaired) electrons. The Balaban J connectivity index is 3.32. The summed E-state index contributed by atoms with van der Waals surface area (Å²) in [7, 11) is 1.43.